The van der Waals surface area contributed by atoms with E-state index in [1.54, 1.807) is 15.9 Å². The van der Waals surface area contributed by atoms with E-state index in [1.165, 1.54) is 10.4 Å². The summed E-state index contributed by atoms with van der Waals surface area (Å²) < 4.78 is 3.12. The van der Waals surface area contributed by atoms with Crippen LogP contribution < -0.4 is 10.6 Å². The van der Waals surface area contributed by atoms with E-state index in [9.17, 15) is 9.59 Å². The van der Waals surface area contributed by atoms with Crippen LogP contribution in [0.25, 0.3) is 10.7 Å². The van der Waals surface area contributed by atoms with Gasteiger partial charge in [0, 0.05) is 37.9 Å². The Hall–Kier alpha value is -2.87. The van der Waals surface area contributed by atoms with Gasteiger partial charge in [0.05, 0.1) is 4.88 Å². The van der Waals surface area contributed by atoms with E-state index >= 15 is 0 Å². The van der Waals surface area contributed by atoms with Gasteiger partial charge in [-0.15, -0.1) is 16.4 Å². The first-order valence-corrected chi connectivity index (χ1v) is 10.9. The highest BCUT2D eigenvalue weighted by Gasteiger charge is 2.31. The summed E-state index contributed by atoms with van der Waals surface area (Å²) >= 11 is 1.57. The summed E-state index contributed by atoms with van der Waals surface area (Å²) in [6, 6.07) is 14.4. The standard InChI is InChI=1S/C21H23N5O2S/c27-19(24-12-10-23(11-13-24)16-5-2-1-3-6-16)15-25-21(28)26(17-8-9-17)20(22-25)18-7-4-14-29-18/h1-7,14,17H,8-13,15H2. The molecule has 3 heterocycles. The predicted octanol–water partition coefficient (Wildman–Crippen LogP) is 2.46. The van der Waals surface area contributed by atoms with Gasteiger partial charge >= 0.3 is 5.69 Å². The summed E-state index contributed by atoms with van der Waals surface area (Å²) in [6.07, 6.45) is 2.00. The number of aromatic nitrogens is 3. The third-order valence-corrected chi connectivity index (χ3v) is 6.43. The van der Waals surface area contributed by atoms with Gasteiger partial charge in [0.1, 0.15) is 6.54 Å². The zero-order valence-corrected chi connectivity index (χ0v) is 16.9. The third kappa shape index (κ3) is 3.60. The molecule has 0 N–H and O–H groups in total. The molecular formula is C21H23N5O2S. The second-order valence-corrected chi connectivity index (χ2v) is 8.49. The van der Waals surface area contributed by atoms with Crippen LogP contribution in [0.4, 0.5) is 5.69 Å². The van der Waals surface area contributed by atoms with Crippen molar-refractivity contribution in [2.24, 2.45) is 0 Å². The van der Waals surface area contributed by atoms with Gasteiger partial charge in [-0.25, -0.2) is 9.48 Å². The molecule has 1 aliphatic heterocycles. The third-order valence-electron chi connectivity index (χ3n) is 5.56. The molecule has 0 bridgehead atoms. The van der Waals surface area contributed by atoms with E-state index < -0.39 is 0 Å². The molecule has 1 saturated carbocycles. The first-order chi connectivity index (χ1) is 14.2. The summed E-state index contributed by atoms with van der Waals surface area (Å²) in [4.78, 5) is 30.9. The van der Waals surface area contributed by atoms with Crippen molar-refractivity contribution in [3.8, 4) is 10.7 Å². The van der Waals surface area contributed by atoms with Crippen LogP contribution >= 0.6 is 11.3 Å². The van der Waals surface area contributed by atoms with Crippen LogP contribution in [-0.2, 0) is 11.3 Å². The van der Waals surface area contributed by atoms with Crippen LogP contribution in [-0.4, -0.2) is 51.3 Å². The molecule has 1 aliphatic carbocycles. The molecule has 2 fully saturated rings. The molecule has 0 atom stereocenters. The summed E-state index contributed by atoms with van der Waals surface area (Å²) in [7, 11) is 0. The summed E-state index contributed by atoms with van der Waals surface area (Å²) in [5.41, 5.74) is 1.01. The van der Waals surface area contributed by atoms with Crippen LogP contribution in [0.15, 0.2) is 52.6 Å². The van der Waals surface area contributed by atoms with Crippen LogP contribution in [0.1, 0.15) is 18.9 Å². The summed E-state index contributed by atoms with van der Waals surface area (Å²) in [5.74, 6) is 0.646. The Kier molecular flexibility index (Phi) is 4.71. The number of piperazine rings is 1. The number of anilines is 1. The largest absolute Gasteiger partial charge is 0.368 e. The average molecular weight is 410 g/mol. The second kappa shape index (κ2) is 7.51. The van der Waals surface area contributed by atoms with Gasteiger partial charge in [-0.05, 0) is 36.4 Å². The minimum atomic E-state index is -0.174. The van der Waals surface area contributed by atoms with Crippen molar-refractivity contribution in [2.75, 3.05) is 31.1 Å². The van der Waals surface area contributed by atoms with Crippen LogP contribution in [0, 0.1) is 0 Å². The molecule has 1 saturated heterocycles. The first-order valence-electron chi connectivity index (χ1n) is 10.0. The Morgan fingerprint density at radius 2 is 1.79 bits per heavy atom. The van der Waals surface area contributed by atoms with E-state index in [4.69, 9.17) is 0 Å². The molecule has 0 radical (unpaired) electrons. The van der Waals surface area contributed by atoms with Crippen molar-refractivity contribution in [3.63, 3.8) is 0 Å². The Labute approximate surface area is 172 Å². The number of thiophene rings is 1. The quantitative estimate of drug-likeness (QED) is 0.649. The topological polar surface area (TPSA) is 63.4 Å². The smallest absolute Gasteiger partial charge is 0.346 e. The monoisotopic (exact) mass is 409 g/mol. The number of amides is 1. The van der Waals surface area contributed by atoms with E-state index in [1.807, 2.05) is 40.6 Å². The number of carbonyl (C=O) groups is 1. The normalized spacial score (nSPS) is 17.0. The average Bonchev–Trinajstić information content (AvgIpc) is 3.34. The molecule has 1 aromatic carbocycles. The van der Waals surface area contributed by atoms with Gasteiger partial charge in [-0.1, -0.05) is 24.3 Å². The maximum absolute atomic E-state index is 12.9. The Morgan fingerprint density at radius 3 is 2.45 bits per heavy atom. The fourth-order valence-corrected chi connectivity index (χ4v) is 4.55. The fraction of sp³-hybridized carbons (Fsp3) is 0.381. The van der Waals surface area contributed by atoms with Crippen LogP contribution in [0.3, 0.4) is 0 Å². The Morgan fingerprint density at radius 1 is 1.03 bits per heavy atom. The van der Waals surface area contributed by atoms with Crippen molar-refractivity contribution < 1.29 is 4.79 Å². The van der Waals surface area contributed by atoms with Crippen LogP contribution in [0.2, 0.25) is 0 Å². The molecule has 8 heteroatoms. The van der Waals surface area contributed by atoms with Crippen molar-refractivity contribution in [2.45, 2.75) is 25.4 Å². The van der Waals surface area contributed by atoms with Crippen molar-refractivity contribution in [1.82, 2.24) is 19.2 Å². The van der Waals surface area contributed by atoms with Crippen LogP contribution in [0.5, 0.6) is 0 Å². The number of benzene rings is 1. The fourth-order valence-electron chi connectivity index (χ4n) is 3.84. The van der Waals surface area contributed by atoms with Crippen molar-refractivity contribution >= 4 is 22.9 Å². The van der Waals surface area contributed by atoms with Gasteiger partial charge in [-0.3, -0.25) is 9.36 Å². The first kappa shape index (κ1) is 18.2. The van der Waals surface area contributed by atoms with E-state index in [-0.39, 0.29) is 24.2 Å². The second-order valence-electron chi connectivity index (χ2n) is 7.55. The zero-order chi connectivity index (χ0) is 19.8. The molecule has 0 unspecified atom stereocenters. The number of carbonyl (C=O) groups excluding carboxylic acids is 1. The van der Waals surface area contributed by atoms with Gasteiger partial charge in [0.15, 0.2) is 5.82 Å². The summed E-state index contributed by atoms with van der Waals surface area (Å²) in [5, 5.41) is 6.51. The molecule has 2 aliphatic rings. The number of nitrogens with zero attached hydrogens (tertiary/aromatic N) is 5. The molecular weight excluding hydrogens is 386 g/mol. The molecule has 150 valence electrons. The van der Waals surface area contributed by atoms with Gasteiger partial charge in [0.2, 0.25) is 5.91 Å². The molecule has 1 amide bonds. The number of rotatable bonds is 5. The summed E-state index contributed by atoms with van der Waals surface area (Å²) in [6.45, 7) is 2.90. The lowest BCUT2D eigenvalue weighted by Crippen LogP contribution is -2.50. The van der Waals surface area contributed by atoms with E-state index in [0.29, 0.717) is 18.9 Å². The molecule has 3 aromatic rings. The number of hydrogen-bond acceptors (Lipinski definition) is 5. The Balaban J connectivity index is 1.29. The highest BCUT2D eigenvalue weighted by Crippen LogP contribution is 2.37. The molecule has 7 nitrogen and oxygen atoms in total. The highest BCUT2D eigenvalue weighted by atomic mass is 32.1. The SMILES string of the molecule is O=C(Cn1nc(-c2cccs2)n(C2CC2)c1=O)N1CCN(c2ccccc2)CC1. The lowest BCUT2D eigenvalue weighted by Gasteiger charge is -2.36. The minimum absolute atomic E-state index is 0.00225. The lowest BCUT2D eigenvalue weighted by atomic mass is 10.2. The molecule has 0 spiro atoms. The van der Waals surface area contributed by atoms with E-state index in [0.717, 1.165) is 30.8 Å². The van der Waals surface area contributed by atoms with Crippen molar-refractivity contribution in [3.05, 3.63) is 58.3 Å². The molecule has 29 heavy (non-hydrogen) atoms. The van der Waals surface area contributed by atoms with Gasteiger partial charge < -0.3 is 9.80 Å². The van der Waals surface area contributed by atoms with Gasteiger partial charge in [0.25, 0.3) is 0 Å². The van der Waals surface area contributed by atoms with Crippen molar-refractivity contribution in [1.29, 1.82) is 0 Å². The number of hydrogen-bond donors (Lipinski definition) is 0. The molecule has 5 rings (SSSR count). The van der Waals surface area contributed by atoms with Gasteiger partial charge in [-0.2, -0.15) is 0 Å². The lowest BCUT2D eigenvalue weighted by molar-refractivity contribution is -0.132. The zero-order valence-electron chi connectivity index (χ0n) is 16.1. The van der Waals surface area contributed by atoms with E-state index in [2.05, 4.69) is 22.1 Å². The Bertz CT molecular complexity index is 1040. The maximum atomic E-state index is 12.9. The molecule has 2 aromatic heterocycles. The highest BCUT2D eigenvalue weighted by molar-refractivity contribution is 7.13. The number of para-hydroxylation sites is 1. The maximum Gasteiger partial charge on any atom is 0.346 e. The minimum Gasteiger partial charge on any atom is -0.368 e. The predicted molar refractivity (Wildman–Crippen MR) is 113 cm³/mol.